The molecule has 0 atom stereocenters. The summed E-state index contributed by atoms with van der Waals surface area (Å²) in [6, 6.07) is 18.2. The molecule has 0 fully saturated rings. The van der Waals surface area contributed by atoms with Crippen LogP contribution in [-0.2, 0) is 11.2 Å². The minimum atomic E-state index is -2.92. The molecule has 29 heavy (non-hydrogen) atoms. The van der Waals surface area contributed by atoms with Crippen LogP contribution in [-0.4, -0.2) is 32.8 Å². The second kappa shape index (κ2) is 9.73. The van der Waals surface area contributed by atoms with Gasteiger partial charge in [-0.15, -0.1) is 0 Å². The minimum absolute atomic E-state index is 0.0286. The lowest BCUT2D eigenvalue weighted by molar-refractivity contribution is -0.123. The van der Waals surface area contributed by atoms with Gasteiger partial charge in [0.1, 0.15) is 5.75 Å². The molecule has 152 valence electrons. The highest BCUT2D eigenvalue weighted by Crippen LogP contribution is 2.29. The molecule has 0 saturated heterocycles. The summed E-state index contributed by atoms with van der Waals surface area (Å²) in [5.41, 5.74) is 0.819. The number of hydrogen-bond donors (Lipinski definition) is 1. The molecule has 3 aromatic rings. The predicted molar refractivity (Wildman–Crippen MR) is 106 cm³/mol. The van der Waals surface area contributed by atoms with Crippen LogP contribution in [0.15, 0.2) is 60.7 Å². The third-order valence-electron chi connectivity index (χ3n) is 4.27. The number of benzene rings is 3. The van der Waals surface area contributed by atoms with Crippen molar-refractivity contribution in [1.29, 1.82) is 0 Å². The summed E-state index contributed by atoms with van der Waals surface area (Å²) in [4.78, 5) is 12.0. The quantitative estimate of drug-likeness (QED) is 0.584. The van der Waals surface area contributed by atoms with Crippen LogP contribution in [0.1, 0.15) is 5.56 Å². The molecule has 0 aliphatic rings. The smallest absolute Gasteiger partial charge is 0.387 e. The van der Waals surface area contributed by atoms with Crippen LogP contribution in [0.4, 0.5) is 8.78 Å². The van der Waals surface area contributed by atoms with Crippen molar-refractivity contribution < 1.29 is 27.8 Å². The van der Waals surface area contributed by atoms with Crippen LogP contribution in [0.25, 0.3) is 10.8 Å². The van der Waals surface area contributed by atoms with E-state index in [0.29, 0.717) is 18.7 Å². The van der Waals surface area contributed by atoms with Crippen molar-refractivity contribution in [3.05, 3.63) is 66.2 Å². The van der Waals surface area contributed by atoms with Crippen LogP contribution >= 0.6 is 0 Å². The summed E-state index contributed by atoms with van der Waals surface area (Å²) in [7, 11) is 1.38. The third-order valence-corrected chi connectivity index (χ3v) is 4.27. The molecule has 0 aliphatic carbocycles. The number of rotatable bonds is 9. The maximum absolute atomic E-state index is 12.4. The lowest BCUT2D eigenvalue weighted by atomic mass is 10.1. The van der Waals surface area contributed by atoms with Crippen molar-refractivity contribution in [2.45, 2.75) is 13.0 Å². The Hall–Kier alpha value is -3.35. The fourth-order valence-corrected chi connectivity index (χ4v) is 2.86. The zero-order chi connectivity index (χ0) is 20.6. The monoisotopic (exact) mass is 401 g/mol. The largest absolute Gasteiger partial charge is 0.493 e. The molecule has 0 aromatic heterocycles. The first kappa shape index (κ1) is 20.4. The molecule has 0 saturated carbocycles. The van der Waals surface area contributed by atoms with Gasteiger partial charge in [-0.1, -0.05) is 36.4 Å². The van der Waals surface area contributed by atoms with E-state index in [0.717, 1.165) is 16.3 Å². The van der Waals surface area contributed by atoms with Gasteiger partial charge in [0.15, 0.2) is 18.1 Å². The van der Waals surface area contributed by atoms with E-state index < -0.39 is 6.61 Å². The molecule has 5 nitrogen and oxygen atoms in total. The predicted octanol–water partition coefficient (Wildman–Crippen LogP) is 4.19. The normalized spacial score (nSPS) is 10.8. The van der Waals surface area contributed by atoms with E-state index in [4.69, 9.17) is 9.47 Å². The summed E-state index contributed by atoms with van der Waals surface area (Å²) in [5.74, 6) is 0.564. The second-order valence-electron chi connectivity index (χ2n) is 6.26. The highest BCUT2D eigenvalue weighted by atomic mass is 19.3. The Morgan fingerprint density at radius 2 is 1.79 bits per heavy atom. The van der Waals surface area contributed by atoms with Crippen molar-refractivity contribution in [3.8, 4) is 17.2 Å². The summed E-state index contributed by atoms with van der Waals surface area (Å²) in [6.45, 7) is -2.64. The van der Waals surface area contributed by atoms with Gasteiger partial charge in [0.2, 0.25) is 0 Å². The van der Waals surface area contributed by atoms with Crippen molar-refractivity contribution in [1.82, 2.24) is 5.32 Å². The zero-order valence-electron chi connectivity index (χ0n) is 15.9. The van der Waals surface area contributed by atoms with Gasteiger partial charge in [-0.25, -0.2) is 0 Å². The van der Waals surface area contributed by atoms with E-state index in [-0.39, 0.29) is 24.0 Å². The highest BCUT2D eigenvalue weighted by molar-refractivity contribution is 5.84. The second-order valence-corrected chi connectivity index (χ2v) is 6.26. The molecule has 1 N–H and O–H groups in total. The lowest BCUT2D eigenvalue weighted by Crippen LogP contribution is -2.30. The zero-order valence-corrected chi connectivity index (χ0v) is 15.9. The van der Waals surface area contributed by atoms with Crippen LogP contribution in [0, 0.1) is 0 Å². The fraction of sp³-hybridized carbons (Fsp3) is 0.227. The number of alkyl halides is 2. The number of halogens is 2. The van der Waals surface area contributed by atoms with E-state index in [1.807, 2.05) is 42.5 Å². The molecule has 3 rings (SSSR count). The van der Waals surface area contributed by atoms with E-state index in [1.165, 1.54) is 13.2 Å². The van der Waals surface area contributed by atoms with Gasteiger partial charge in [-0.3, -0.25) is 4.79 Å². The minimum Gasteiger partial charge on any atom is -0.493 e. The number of carbonyl (C=O) groups excluding carboxylic acids is 1. The van der Waals surface area contributed by atoms with Gasteiger partial charge in [-0.2, -0.15) is 8.78 Å². The first-order valence-electron chi connectivity index (χ1n) is 9.05. The summed E-state index contributed by atoms with van der Waals surface area (Å²) in [6.07, 6.45) is 0.507. The molecule has 1 amide bonds. The lowest BCUT2D eigenvalue weighted by Gasteiger charge is -2.12. The SMILES string of the molecule is COc1cc(CCNC(=O)COc2ccc3ccccc3c2)ccc1OC(F)F. The first-order chi connectivity index (χ1) is 14.0. The standard InChI is InChI=1S/C22H21F2NO4/c1-27-20-12-15(6-9-19(20)29-22(23)24)10-11-25-21(26)14-28-18-8-7-16-4-2-3-5-17(16)13-18/h2-9,12-13,22H,10-11,14H2,1H3,(H,25,26). The van der Waals surface area contributed by atoms with Crippen molar-refractivity contribution in [2.24, 2.45) is 0 Å². The van der Waals surface area contributed by atoms with Gasteiger partial charge in [0, 0.05) is 6.54 Å². The van der Waals surface area contributed by atoms with Crippen LogP contribution in [0.3, 0.4) is 0 Å². The van der Waals surface area contributed by atoms with E-state index in [2.05, 4.69) is 10.1 Å². The molecule has 3 aromatic carbocycles. The third kappa shape index (κ3) is 5.81. The number of nitrogens with one attached hydrogen (secondary N) is 1. The maximum atomic E-state index is 12.4. The number of methoxy groups -OCH3 is 1. The number of carbonyl (C=O) groups is 1. The average molecular weight is 401 g/mol. The Morgan fingerprint density at radius 3 is 2.55 bits per heavy atom. The molecule has 0 unspecified atom stereocenters. The van der Waals surface area contributed by atoms with Gasteiger partial charge < -0.3 is 19.5 Å². The maximum Gasteiger partial charge on any atom is 0.387 e. The van der Waals surface area contributed by atoms with Gasteiger partial charge >= 0.3 is 6.61 Å². The number of fused-ring (bicyclic) bond motifs is 1. The first-order valence-corrected chi connectivity index (χ1v) is 9.05. The Kier molecular flexibility index (Phi) is 6.84. The van der Waals surface area contributed by atoms with Gasteiger partial charge in [-0.05, 0) is 47.0 Å². The Labute approximate surface area is 167 Å². The summed E-state index contributed by atoms with van der Waals surface area (Å²) < 4.78 is 39.7. The molecular formula is C22H21F2NO4. The van der Waals surface area contributed by atoms with E-state index in [1.54, 1.807) is 12.1 Å². The molecule has 0 aliphatic heterocycles. The Morgan fingerprint density at radius 1 is 1.00 bits per heavy atom. The highest BCUT2D eigenvalue weighted by Gasteiger charge is 2.11. The molecule has 7 heteroatoms. The topological polar surface area (TPSA) is 56.8 Å². The molecular weight excluding hydrogens is 380 g/mol. The van der Waals surface area contributed by atoms with Crippen molar-refractivity contribution >= 4 is 16.7 Å². The van der Waals surface area contributed by atoms with Crippen molar-refractivity contribution in [2.75, 3.05) is 20.3 Å². The van der Waals surface area contributed by atoms with Crippen LogP contribution < -0.4 is 19.5 Å². The van der Waals surface area contributed by atoms with Gasteiger partial charge in [0.25, 0.3) is 5.91 Å². The van der Waals surface area contributed by atoms with Crippen molar-refractivity contribution in [3.63, 3.8) is 0 Å². The summed E-state index contributed by atoms with van der Waals surface area (Å²) in [5, 5.41) is 4.91. The van der Waals surface area contributed by atoms with E-state index >= 15 is 0 Å². The Balaban J connectivity index is 1.46. The summed E-state index contributed by atoms with van der Waals surface area (Å²) >= 11 is 0. The number of hydrogen-bond acceptors (Lipinski definition) is 4. The molecule has 0 heterocycles. The van der Waals surface area contributed by atoms with Crippen LogP contribution in [0.5, 0.6) is 17.2 Å². The number of amides is 1. The van der Waals surface area contributed by atoms with Crippen LogP contribution in [0.2, 0.25) is 0 Å². The average Bonchev–Trinajstić information content (AvgIpc) is 2.72. The fourth-order valence-electron chi connectivity index (χ4n) is 2.86. The number of ether oxygens (including phenoxy) is 3. The molecule has 0 spiro atoms. The molecule has 0 radical (unpaired) electrons. The van der Waals surface area contributed by atoms with Gasteiger partial charge in [0.05, 0.1) is 7.11 Å². The Bertz CT molecular complexity index is 978. The molecule has 0 bridgehead atoms. The van der Waals surface area contributed by atoms with E-state index in [9.17, 15) is 13.6 Å².